The number of piperidine rings is 3. The Morgan fingerprint density at radius 1 is 0.846 bits per heavy atom. The highest BCUT2D eigenvalue weighted by Crippen LogP contribution is 2.48. The second-order valence-electron chi connectivity index (χ2n) is 13.7. The molecule has 2 unspecified atom stereocenters. The number of carbonyl (C=O) groups is 1. The van der Waals surface area contributed by atoms with E-state index in [1.54, 1.807) is 0 Å². The van der Waals surface area contributed by atoms with Gasteiger partial charge in [-0.25, -0.2) is 4.98 Å². The van der Waals surface area contributed by atoms with Crippen LogP contribution in [0.3, 0.4) is 0 Å². The van der Waals surface area contributed by atoms with Crippen LogP contribution in [0.5, 0.6) is 0 Å². The van der Waals surface area contributed by atoms with Crippen molar-refractivity contribution in [2.75, 3.05) is 26.7 Å². The lowest BCUT2D eigenvalue weighted by Gasteiger charge is -2.55. The first kappa shape index (κ1) is 26.0. The van der Waals surface area contributed by atoms with E-state index in [0.29, 0.717) is 18.5 Å². The third kappa shape index (κ3) is 5.16. The summed E-state index contributed by atoms with van der Waals surface area (Å²) in [5.74, 6) is 3.48. The number of imidazole rings is 1. The van der Waals surface area contributed by atoms with E-state index in [0.717, 1.165) is 61.4 Å². The third-order valence-electron chi connectivity index (χ3n) is 11.2. The number of esters is 1. The lowest BCUT2D eigenvalue weighted by Crippen LogP contribution is -2.58. The SMILES string of the molecule is COC(=O)CN1CCC[C@H](c2nc3ccccc3n2C2C[C@H]3CCC[C@@H](C2)N3C2C[C@H]3CCCC[C@@H](C2)C3)C1. The molecule has 2 saturated carbocycles. The number of aromatic nitrogens is 2. The Morgan fingerprint density at radius 2 is 1.59 bits per heavy atom. The van der Waals surface area contributed by atoms with Crippen LogP contribution in [0, 0.1) is 11.8 Å². The number of methoxy groups -OCH3 is 1. The summed E-state index contributed by atoms with van der Waals surface area (Å²) in [7, 11) is 1.49. The van der Waals surface area contributed by atoms with Crippen LogP contribution in [-0.4, -0.2) is 70.2 Å². The molecule has 4 bridgehead atoms. The first-order chi connectivity index (χ1) is 19.2. The number of para-hydroxylation sites is 2. The van der Waals surface area contributed by atoms with E-state index >= 15 is 0 Å². The van der Waals surface area contributed by atoms with Crippen LogP contribution >= 0.6 is 0 Å². The van der Waals surface area contributed by atoms with E-state index in [9.17, 15) is 4.79 Å². The average molecular weight is 533 g/mol. The minimum absolute atomic E-state index is 0.132. The van der Waals surface area contributed by atoms with Crippen molar-refractivity contribution in [1.29, 1.82) is 0 Å². The van der Waals surface area contributed by atoms with Gasteiger partial charge in [-0.15, -0.1) is 0 Å². The molecular formula is C33H48N4O2. The summed E-state index contributed by atoms with van der Waals surface area (Å²) in [5, 5.41) is 0. The molecule has 5 fully saturated rings. The fourth-order valence-corrected chi connectivity index (χ4v) is 9.70. The minimum Gasteiger partial charge on any atom is -0.468 e. The second-order valence-corrected chi connectivity index (χ2v) is 13.7. The molecule has 6 heteroatoms. The van der Waals surface area contributed by atoms with Crippen molar-refractivity contribution >= 4 is 17.0 Å². The molecule has 0 spiro atoms. The predicted octanol–water partition coefficient (Wildman–Crippen LogP) is 6.31. The van der Waals surface area contributed by atoms with Crippen LogP contribution < -0.4 is 0 Å². The van der Waals surface area contributed by atoms with Crippen LogP contribution in [0.1, 0.15) is 108 Å². The Bertz CT molecular complexity index is 1130. The van der Waals surface area contributed by atoms with Crippen LogP contribution in [0.4, 0.5) is 0 Å². The summed E-state index contributed by atoms with van der Waals surface area (Å²) in [4.78, 5) is 22.7. The van der Waals surface area contributed by atoms with Crippen molar-refractivity contribution in [3.8, 4) is 0 Å². The molecule has 39 heavy (non-hydrogen) atoms. The lowest BCUT2D eigenvalue weighted by molar-refractivity contribution is -0.142. The van der Waals surface area contributed by atoms with E-state index in [1.165, 1.54) is 95.5 Å². The molecule has 5 aliphatic rings. The van der Waals surface area contributed by atoms with Gasteiger partial charge in [-0.05, 0) is 88.3 Å². The number of nitrogens with zero attached hydrogens (tertiary/aromatic N) is 4. The number of hydrogen-bond donors (Lipinski definition) is 0. The molecule has 3 saturated heterocycles. The van der Waals surface area contributed by atoms with E-state index in [2.05, 4.69) is 38.6 Å². The predicted molar refractivity (Wildman–Crippen MR) is 155 cm³/mol. The van der Waals surface area contributed by atoms with Crippen molar-refractivity contribution in [3.05, 3.63) is 30.1 Å². The van der Waals surface area contributed by atoms with Crippen molar-refractivity contribution < 1.29 is 9.53 Å². The van der Waals surface area contributed by atoms with Gasteiger partial charge in [-0.2, -0.15) is 0 Å². The Kier molecular flexibility index (Phi) is 7.44. The monoisotopic (exact) mass is 532 g/mol. The van der Waals surface area contributed by atoms with Gasteiger partial charge in [0.2, 0.25) is 0 Å². The second kappa shape index (κ2) is 11.2. The summed E-state index contributed by atoms with van der Waals surface area (Å²) in [6.07, 6.45) is 19.3. The van der Waals surface area contributed by atoms with Crippen molar-refractivity contribution in [2.45, 2.75) is 120 Å². The average Bonchev–Trinajstić information content (AvgIpc) is 3.26. The summed E-state index contributed by atoms with van der Waals surface area (Å²) in [6.45, 7) is 2.26. The van der Waals surface area contributed by atoms with Crippen LogP contribution in [-0.2, 0) is 9.53 Å². The van der Waals surface area contributed by atoms with Gasteiger partial charge >= 0.3 is 5.97 Å². The number of ether oxygens (including phenoxy) is 1. The van der Waals surface area contributed by atoms with Crippen LogP contribution in [0.2, 0.25) is 0 Å². The third-order valence-corrected chi connectivity index (χ3v) is 11.2. The number of likely N-dealkylation sites (tertiary alicyclic amines) is 1. The molecule has 0 radical (unpaired) electrons. The van der Waals surface area contributed by atoms with Crippen molar-refractivity contribution in [2.24, 2.45) is 11.8 Å². The zero-order valence-electron chi connectivity index (χ0n) is 24.0. The van der Waals surface area contributed by atoms with Gasteiger partial charge in [0.25, 0.3) is 0 Å². The van der Waals surface area contributed by atoms with Crippen LogP contribution in [0.25, 0.3) is 11.0 Å². The number of hydrogen-bond acceptors (Lipinski definition) is 5. The quantitative estimate of drug-likeness (QED) is 0.423. The lowest BCUT2D eigenvalue weighted by atomic mass is 9.73. The van der Waals surface area contributed by atoms with Gasteiger partial charge in [0.05, 0.1) is 24.7 Å². The Hall–Kier alpha value is -1.92. The van der Waals surface area contributed by atoms with Crippen LogP contribution in [0.15, 0.2) is 24.3 Å². The smallest absolute Gasteiger partial charge is 0.319 e. The van der Waals surface area contributed by atoms with Gasteiger partial charge < -0.3 is 9.30 Å². The summed E-state index contributed by atoms with van der Waals surface area (Å²) in [5.41, 5.74) is 2.46. The number of carbonyl (C=O) groups excluding carboxylic acids is 1. The number of rotatable bonds is 5. The molecule has 1 aromatic carbocycles. The normalized spacial score (nSPS) is 36.0. The molecule has 7 rings (SSSR count). The molecule has 2 aromatic rings. The molecule has 6 nitrogen and oxygen atoms in total. The molecule has 7 atom stereocenters. The molecule has 0 N–H and O–H groups in total. The largest absolute Gasteiger partial charge is 0.468 e. The first-order valence-corrected chi connectivity index (χ1v) is 16.2. The highest BCUT2D eigenvalue weighted by Gasteiger charge is 2.45. The van der Waals surface area contributed by atoms with Crippen molar-refractivity contribution in [1.82, 2.24) is 19.4 Å². The maximum absolute atomic E-state index is 12.0. The van der Waals surface area contributed by atoms with Gasteiger partial charge in [-0.3, -0.25) is 14.6 Å². The highest BCUT2D eigenvalue weighted by atomic mass is 16.5. The van der Waals surface area contributed by atoms with Gasteiger partial charge in [0, 0.05) is 36.6 Å². The molecular weight excluding hydrogens is 484 g/mol. The molecule has 3 aliphatic heterocycles. The van der Waals surface area contributed by atoms with Gasteiger partial charge in [-0.1, -0.05) is 44.2 Å². The molecule has 212 valence electrons. The molecule has 1 aromatic heterocycles. The molecule has 4 heterocycles. The summed E-state index contributed by atoms with van der Waals surface area (Å²) in [6, 6.07) is 11.6. The maximum atomic E-state index is 12.0. The van der Waals surface area contributed by atoms with E-state index in [4.69, 9.17) is 9.72 Å². The van der Waals surface area contributed by atoms with E-state index in [-0.39, 0.29) is 5.97 Å². The van der Waals surface area contributed by atoms with E-state index in [1.807, 2.05) is 0 Å². The van der Waals surface area contributed by atoms with E-state index < -0.39 is 0 Å². The first-order valence-electron chi connectivity index (χ1n) is 16.2. The standard InChI is InChI=1S/C33H48N4O2/c1-39-32(38)22-35-15-7-10-25(21-35)33-34-30-13-4-5-14-31(30)37(33)29-19-26-11-6-12-27(20-29)36(26)28-17-23-8-2-3-9-24(16-23)18-28/h4-5,13-14,23-29H,2-3,6-12,15-22H2,1H3/t23-,24+,25-,26-,27+,28?,29?/m0/s1. The van der Waals surface area contributed by atoms with Gasteiger partial charge in [0.1, 0.15) is 5.82 Å². The Morgan fingerprint density at radius 3 is 2.33 bits per heavy atom. The van der Waals surface area contributed by atoms with Gasteiger partial charge in [0.15, 0.2) is 0 Å². The molecule has 0 amide bonds. The summed E-state index contributed by atoms with van der Waals surface area (Å²) >= 11 is 0. The fourth-order valence-electron chi connectivity index (χ4n) is 9.70. The maximum Gasteiger partial charge on any atom is 0.319 e. The number of fused-ring (bicyclic) bond motifs is 5. The zero-order valence-corrected chi connectivity index (χ0v) is 24.0. The zero-order chi connectivity index (χ0) is 26.3. The Labute approximate surface area is 234 Å². The number of benzene rings is 1. The Balaban J connectivity index is 1.16. The summed E-state index contributed by atoms with van der Waals surface area (Å²) < 4.78 is 7.67. The topological polar surface area (TPSA) is 50.6 Å². The highest BCUT2D eigenvalue weighted by molar-refractivity contribution is 5.76. The molecule has 2 aliphatic carbocycles. The van der Waals surface area contributed by atoms with Crippen molar-refractivity contribution in [3.63, 3.8) is 0 Å². The minimum atomic E-state index is -0.132. The fraction of sp³-hybridized carbons (Fsp3) is 0.758.